The number of ether oxygens (including phenoxy) is 3. The molecule has 1 aliphatic rings. The topological polar surface area (TPSA) is 136 Å². The van der Waals surface area contributed by atoms with Crippen LogP contribution in [0.1, 0.15) is 35.5 Å². The van der Waals surface area contributed by atoms with Gasteiger partial charge in [-0.2, -0.15) is 13.2 Å². The molecule has 2 heterocycles. The molecule has 1 unspecified atom stereocenters. The Hall–Kier alpha value is -4.01. The molecule has 0 spiro atoms. The second-order valence-corrected chi connectivity index (χ2v) is 10.1. The van der Waals surface area contributed by atoms with E-state index in [4.69, 9.17) is 19.9 Å². The molecule has 0 radical (unpaired) electrons. The zero-order valence-corrected chi connectivity index (χ0v) is 22.7. The van der Waals surface area contributed by atoms with Gasteiger partial charge in [0, 0.05) is 16.7 Å². The smallest absolute Gasteiger partial charge is 0.424 e. The lowest BCUT2D eigenvalue weighted by atomic mass is 9.89. The molecule has 1 aromatic heterocycles. The van der Waals surface area contributed by atoms with E-state index in [0.29, 0.717) is 6.07 Å². The molecule has 1 aliphatic heterocycles. The van der Waals surface area contributed by atoms with Gasteiger partial charge >= 0.3 is 6.18 Å². The van der Waals surface area contributed by atoms with Gasteiger partial charge in [0.2, 0.25) is 5.60 Å². The summed E-state index contributed by atoms with van der Waals surface area (Å²) in [7, 11) is 1.15. The van der Waals surface area contributed by atoms with Crippen LogP contribution in [0.3, 0.4) is 0 Å². The third kappa shape index (κ3) is 5.96. The van der Waals surface area contributed by atoms with Crippen molar-refractivity contribution in [1.29, 1.82) is 0 Å². The van der Waals surface area contributed by atoms with Crippen LogP contribution in [0.15, 0.2) is 42.5 Å². The summed E-state index contributed by atoms with van der Waals surface area (Å²) in [6.45, 7) is 1.09. The van der Waals surface area contributed by atoms with Gasteiger partial charge in [0.25, 0.3) is 5.91 Å². The third-order valence-corrected chi connectivity index (χ3v) is 6.58. The number of nitrogens with zero attached hydrogens (tertiary/aromatic N) is 1. The average molecular weight is 598 g/mol. The molecule has 9 nitrogen and oxygen atoms in total. The summed E-state index contributed by atoms with van der Waals surface area (Å²) in [5, 5.41) is 22.4. The third-order valence-electron chi connectivity index (χ3n) is 6.58. The monoisotopic (exact) mass is 597 g/mol. The zero-order valence-electron chi connectivity index (χ0n) is 22.7. The predicted molar refractivity (Wildman–Crippen MR) is 139 cm³/mol. The van der Waals surface area contributed by atoms with Crippen LogP contribution in [0.25, 0.3) is 11.3 Å². The number of alkyl halides is 3. The van der Waals surface area contributed by atoms with Gasteiger partial charge < -0.3 is 35.5 Å². The van der Waals surface area contributed by atoms with Crippen LogP contribution >= 0.6 is 0 Å². The summed E-state index contributed by atoms with van der Waals surface area (Å²) >= 11 is 0. The standard InChI is InChI=1S/C28H28F5N3O6/c1-14(37)11-41-24-19(30)8-16(9-20(24)40-3)25(38)35-12-27(39,28(31,32)33)21-10-18-23(42-13-26(18,2)34)22(36-21)15-4-6-17(29)7-5-15/h4-10,14,37,39H,11-13,34H2,1-3H3,(H,35,38)/t14-,26-,27?/m1/s1. The Morgan fingerprint density at radius 3 is 2.48 bits per heavy atom. The van der Waals surface area contributed by atoms with Gasteiger partial charge in [-0.05, 0) is 56.3 Å². The maximum atomic E-state index is 14.7. The number of carbonyl (C=O) groups is 1. The molecular weight excluding hydrogens is 569 g/mol. The minimum atomic E-state index is -5.37. The molecule has 226 valence electrons. The number of halogens is 5. The first kappa shape index (κ1) is 30.9. The Morgan fingerprint density at radius 2 is 1.88 bits per heavy atom. The second kappa shape index (κ2) is 11.3. The number of fused-ring (bicyclic) bond motifs is 1. The number of nitrogens with one attached hydrogen (secondary N) is 1. The van der Waals surface area contributed by atoms with Crippen molar-refractivity contribution in [3.05, 3.63) is 70.9 Å². The number of rotatable bonds is 9. The highest BCUT2D eigenvalue weighted by Crippen LogP contribution is 2.46. The zero-order chi connectivity index (χ0) is 31.0. The number of benzene rings is 2. The average Bonchev–Trinajstić information content (AvgIpc) is 3.23. The normalized spacial score (nSPS) is 18.5. The number of nitrogens with two attached hydrogens (primary N) is 1. The summed E-state index contributed by atoms with van der Waals surface area (Å²) < 4.78 is 87.6. The molecule has 2 aromatic carbocycles. The lowest BCUT2D eigenvalue weighted by molar-refractivity contribution is -0.265. The fourth-order valence-electron chi connectivity index (χ4n) is 4.26. The van der Waals surface area contributed by atoms with Crippen LogP contribution in [0.4, 0.5) is 22.0 Å². The molecule has 0 bridgehead atoms. The lowest BCUT2D eigenvalue weighted by Crippen LogP contribution is -2.51. The first-order valence-corrected chi connectivity index (χ1v) is 12.6. The van der Waals surface area contributed by atoms with Crippen molar-refractivity contribution < 1.29 is 51.2 Å². The van der Waals surface area contributed by atoms with Gasteiger partial charge in [0.1, 0.15) is 24.7 Å². The van der Waals surface area contributed by atoms with E-state index < -0.39 is 64.5 Å². The van der Waals surface area contributed by atoms with E-state index in [-0.39, 0.29) is 41.5 Å². The number of pyridine rings is 1. The number of amides is 1. The molecular formula is C28H28F5N3O6. The second-order valence-electron chi connectivity index (χ2n) is 10.1. The number of hydrogen-bond acceptors (Lipinski definition) is 8. The fraction of sp³-hybridized carbons (Fsp3) is 0.357. The van der Waals surface area contributed by atoms with Crippen molar-refractivity contribution in [2.24, 2.45) is 5.73 Å². The van der Waals surface area contributed by atoms with Gasteiger partial charge in [-0.1, -0.05) is 0 Å². The van der Waals surface area contributed by atoms with E-state index in [9.17, 15) is 37.0 Å². The molecule has 0 aliphatic carbocycles. The quantitative estimate of drug-likeness (QED) is 0.275. The highest BCUT2D eigenvalue weighted by atomic mass is 19.4. The van der Waals surface area contributed by atoms with E-state index in [1.165, 1.54) is 26.0 Å². The predicted octanol–water partition coefficient (Wildman–Crippen LogP) is 3.54. The van der Waals surface area contributed by atoms with Crippen LogP contribution in [0.2, 0.25) is 0 Å². The number of aliphatic hydroxyl groups excluding tert-OH is 1. The van der Waals surface area contributed by atoms with Gasteiger partial charge in [-0.15, -0.1) is 0 Å². The molecule has 3 aromatic rings. The van der Waals surface area contributed by atoms with Gasteiger partial charge in [-0.25, -0.2) is 13.8 Å². The van der Waals surface area contributed by atoms with E-state index in [2.05, 4.69) is 4.98 Å². The van der Waals surface area contributed by atoms with Crippen molar-refractivity contribution in [2.75, 3.05) is 26.9 Å². The highest BCUT2D eigenvalue weighted by molar-refractivity contribution is 5.95. The minimum Gasteiger partial charge on any atom is -0.493 e. The largest absolute Gasteiger partial charge is 0.493 e. The van der Waals surface area contributed by atoms with Crippen molar-refractivity contribution in [3.63, 3.8) is 0 Å². The number of aliphatic hydroxyl groups is 2. The first-order chi connectivity index (χ1) is 19.6. The van der Waals surface area contributed by atoms with Crippen LogP contribution < -0.4 is 25.3 Å². The Kier molecular flexibility index (Phi) is 8.36. The lowest BCUT2D eigenvalue weighted by Gasteiger charge is -2.31. The number of hydrogen-bond donors (Lipinski definition) is 4. The SMILES string of the molecule is COc1cc(C(=O)NCC(O)(c2cc3c(c(-c4ccc(F)cc4)n2)OC[C@@]3(C)N)C(F)(F)F)cc(F)c1OC[C@@H](C)O. The molecule has 42 heavy (non-hydrogen) atoms. The fourth-order valence-corrected chi connectivity index (χ4v) is 4.26. The summed E-state index contributed by atoms with van der Waals surface area (Å²) in [4.78, 5) is 16.9. The van der Waals surface area contributed by atoms with Crippen molar-refractivity contribution in [3.8, 4) is 28.5 Å². The maximum absolute atomic E-state index is 14.7. The number of carbonyl (C=O) groups excluding carboxylic acids is 1. The van der Waals surface area contributed by atoms with E-state index in [1.54, 1.807) is 0 Å². The Labute approximate surface area is 237 Å². The molecule has 14 heteroatoms. The van der Waals surface area contributed by atoms with E-state index in [0.717, 1.165) is 31.4 Å². The molecule has 5 N–H and O–H groups in total. The molecule has 0 saturated carbocycles. The number of methoxy groups -OCH3 is 1. The van der Waals surface area contributed by atoms with Crippen molar-refractivity contribution >= 4 is 5.91 Å². The van der Waals surface area contributed by atoms with Gasteiger partial charge in [0.05, 0.1) is 31.0 Å². The van der Waals surface area contributed by atoms with Crippen molar-refractivity contribution in [2.45, 2.75) is 37.3 Å². The highest BCUT2D eigenvalue weighted by Gasteiger charge is 2.57. The molecule has 1 amide bonds. The minimum absolute atomic E-state index is 0.0735. The molecule has 3 atom stereocenters. The molecule has 4 rings (SSSR count). The van der Waals surface area contributed by atoms with Crippen LogP contribution in [-0.4, -0.2) is 60.3 Å². The summed E-state index contributed by atoms with van der Waals surface area (Å²) in [6.07, 6.45) is -6.31. The van der Waals surface area contributed by atoms with Gasteiger partial charge in [-0.3, -0.25) is 4.79 Å². The van der Waals surface area contributed by atoms with Crippen LogP contribution in [-0.2, 0) is 11.1 Å². The Balaban J connectivity index is 1.72. The van der Waals surface area contributed by atoms with Crippen molar-refractivity contribution in [1.82, 2.24) is 10.3 Å². The van der Waals surface area contributed by atoms with Crippen LogP contribution in [0.5, 0.6) is 17.2 Å². The van der Waals surface area contributed by atoms with E-state index in [1.807, 2.05) is 5.32 Å². The Morgan fingerprint density at radius 1 is 1.21 bits per heavy atom. The van der Waals surface area contributed by atoms with Crippen LogP contribution in [0, 0.1) is 11.6 Å². The maximum Gasteiger partial charge on any atom is 0.424 e. The van der Waals surface area contributed by atoms with E-state index >= 15 is 0 Å². The first-order valence-electron chi connectivity index (χ1n) is 12.6. The molecule has 0 saturated heterocycles. The summed E-state index contributed by atoms with van der Waals surface area (Å²) in [5.74, 6) is -3.44. The number of aromatic nitrogens is 1. The molecule has 0 fully saturated rings. The summed E-state index contributed by atoms with van der Waals surface area (Å²) in [6, 6.07) is 7.41. The van der Waals surface area contributed by atoms with Gasteiger partial charge in [0.15, 0.2) is 23.1 Å². The summed E-state index contributed by atoms with van der Waals surface area (Å²) in [5.41, 5.74) is 0.102. The Bertz CT molecular complexity index is 1480.